The molecule has 0 saturated heterocycles. The van der Waals surface area contributed by atoms with Crippen molar-refractivity contribution < 1.29 is 24.9 Å². The van der Waals surface area contributed by atoms with Crippen LogP contribution in [0, 0.1) is 0 Å². The van der Waals surface area contributed by atoms with E-state index in [-0.39, 0.29) is 10.7 Å². The summed E-state index contributed by atoms with van der Waals surface area (Å²) in [5, 5.41) is 33.3. The van der Waals surface area contributed by atoms with Crippen LogP contribution in [0.5, 0.6) is 0 Å². The second kappa shape index (κ2) is 8.10. The van der Waals surface area contributed by atoms with Crippen molar-refractivity contribution in [1.82, 2.24) is 10.3 Å². The molecule has 1 heterocycles. The van der Waals surface area contributed by atoms with E-state index in [1.54, 1.807) is 7.11 Å². The number of aliphatic hydroxyl groups excluding tert-OH is 3. The Labute approximate surface area is 125 Å². The minimum atomic E-state index is -1.50. The molecule has 0 aliphatic rings. The second-order valence-corrected chi connectivity index (χ2v) is 5.36. The third-order valence-electron chi connectivity index (χ3n) is 2.73. The number of nitrogens with zero attached hydrogens (tertiary/aromatic N) is 1. The van der Waals surface area contributed by atoms with Gasteiger partial charge in [-0.05, 0) is 0 Å². The quantitative estimate of drug-likeness (QED) is 0.293. The van der Waals surface area contributed by atoms with Gasteiger partial charge in [-0.1, -0.05) is 11.3 Å². The molecule has 0 aliphatic heterocycles. The summed E-state index contributed by atoms with van der Waals surface area (Å²) >= 11 is 1.03. The van der Waals surface area contributed by atoms with Crippen LogP contribution in [0.4, 0.5) is 10.9 Å². The Balaban J connectivity index is 2.78. The molecule has 1 aromatic rings. The summed E-state index contributed by atoms with van der Waals surface area (Å²) in [5.41, 5.74) is 4.17. The number of aromatic nitrogens is 1. The highest BCUT2D eigenvalue weighted by atomic mass is 32.1. The molecule has 0 spiro atoms. The Morgan fingerprint density at radius 1 is 1.38 bits per heavy atom. The first-order valence-electron chi connectivity index (χ1n) is 6.16. The summed E-state index contributed by atoms with van der Waals surface area (Å²) in [5.74, 6) is -0.595. The molecule has 1 aromatic heterocycles. The Hall–Kier alpha value is -1.46. The maximum Gasteiger partial charge on any atom is 0.265 e. The number of carbonyl (C=O) groups excluding carboxylic acids is 1. The van der Waals surface area contributed by atoms with Crippen LogP contribution in [-0.2, 0) is 4.74 Å². The van der Waals surface area contributed by atoms with Crippen LogP contribution in [0.25, 0.3) is 0 Å². The summed E-state index contributed by atoms with van der Waals surface area (Å²) < 4.78 is 4.88. The van der Waals surface area contributed by atoms with Crippen molar-refractivity contribution in [3.05, 3.63) is 4.88 Å². The van der Waals surface area contributed by atoms with Crippen molar-refractivity contribution in [2.45, 2.75) is 5.54 Å². The smallest absolute Gasteiger partial charge is 0.265 e. The molecular weight excluding hydrogens is 300 g/mol. The summed E-state index contributed by atoms with van der Waals surface area (Å²) in [6.07, 6.45) is 0. The molecule has 21 heavy (non-hydrogen) atoms. The van der Waals surface area contributed by atoms with E-state index in [1.165, 1.54) is 0 Å². The zero-order chi connectivity index (χ0) is 15.9. The number of anilines is 2. The van der Waals surface area contributed by atoms with Crippen molar-refractivity contribution in [3.63, 3.8) is 0 Å². The molecule has 0 bridgehead atoms. The molecule has 0 radical (unpaired) electrons. The fraction of sp³-hybridized carbons (Fsp3) is 0.636. The van der Waals surface area contributed by atoms with Gasteiger partial charge >= 0.3 is 0 Å². The predicted octanol–water partition coefficient (Wildman–Crippen LogP) is -1.77. The maximum absolute atomic E-state index is 12.1. The molecule has 7 N–H and O–H groups in total. The summed E-state index contributed by atoms with van der Waals surface area (Å²) in [4.78, 5) is 16.2. The number of ether oxygens (including phenoxy) is 1. The lowest BCUT2D eigenvalue weighted by Crippen LogP contribution is -2.57. The van der Waals surface area contributed by atoms with E-state index in [0.29, 0.717) is 18.3 Å². The van der Waals surface area contributed by atoms with Crippen molar-refractivity contribution in [1.29, 1.82) is 0 Å². The Bertz CT molecular complexity index is 455. The summed E-state index contributed by atoms with van der Waals surface area (Å²) in [7, 11) is 1.56. The number of carbonyl (C=O) groups is 1. The summed E-state index contributed by atoms with van der Waals surface area (Å²) in [6, 6.07) is 0. The van der Waals surface area contributed by atoms with Gasteiger partial charge < -0.3 is 36.4 Å². The Morgan fingerprint density at radius 2 is 2.00 bits per heavy atom. The number of thiazole rings is 1. The highest BCUT2D eigenvalue weighted by molar-refractivity contribution is 7.18. The molecular formula is C11H20N4O5S. The SMILES string of the molecule is COCCNc1nc(N)c(C(=O)NC(CO)(CO)CO)s1. The zero-order valence-corrected chi connectivity index (χ0v) is 12.4. The van der Waals surface area contributed by atoms with E-state index < -0.39 is 31.3 Å². The number of methoxy groups -OCH3 is 1. The van der Waals surface area contributed by atoms with Crippen molar-refractivity contribution >= 4 is 28.2 Å². The lowest BCUT2D eigenvalue weighted by molar-refractivity contribution is 0.0377. The molecule has 0 atom stereocenters. The number of nitrogen functional groups attached to an aromatic ring is 1. The molecule has 0 unspecified atom stereocenters. The van der Waals surface area contributed by atoms with Gasteiger partial charge in [0.05, 0.1) is 26.4 Å². The minimum absolute atomic E-state index is 0.0279. The molecule has 0 saturated carbocycles. The predicted molar refractivity (Wildman–Crippen MR) is 78.3 cm³/mol. The van der Waals surface area contributed by atoms with Crippen LogP contribution in [0.15, 0.2) is 0 Å². The van der Waals surface area contributed by atoms with Crippen LogP contribution in [0.2, 0.25) is 0 Å². The number of rotatable bonds is 9. The average Bonchev–Trinajstić information content (AvgIpc) is 2.86. The maximum atomic E-state index is 12.1. The van der Waals surface area contributed by atoms with Gasteiger partial charge in [-0.2, -0.15) is 0 Å². The topological polar surface area (TPSA) is 150 Å². The van der Waals surface area contributed by atoms with E-state index >= 15 is 0 Å². The Morgan fingerprint density at radius 3 is 2.52 bits per heavy atom. The minimum Gasteiger partial charge on any atom is -0.394 e. The van der Waals surface area contributed by atoms with Crippen LogP contribution in [0.3, 0.4) is 0 Å². The van der Waals surface area contributed by atoms with Crippen molar-refractivity contribution in [2.24, 2.45) is 0 Å². The van der Waals surface area contributed by atoms with E-state index in [1.807, 2.05) is 0 Å². The van der Waals surface area contributed by atoms with Crippen LogP contribution in [-0.4, -0.2) is 71.8 Å². The van der Waals surface area contributed by atoms with Gasteiger partial charge in [-0.3, -0.25) is 4.79 Å². The third kappa shape index (κ3) is 4.51. The fourth-order valence-corrected chi connectivity index (χ4v) is 2.20. The highest BCUT2D eigenvalue weighted by Gasteiger charge is 2.31. The van der Waals surface area contributed by atoms with E-state index in [9.17, 15) is 20.1 Å². The lowest BCUT2D eigenvalue weighted by atomic mass is 10.0. The normalized spacial score (nSPS) is 11.4. The standard InChI is InChI=1S/C11H20N4O5S/c1-20-3-2-13-10-14-8(12)7(21-10)9(19)15-11(4-16,5-17)6-18/h16-18H,2-6,12H2,1H3,(H,13,14)(H,15,19). The first kappa shape index (κ1) is 17.6. The van der Waals surface area contributed by atoms with Crippen LogP contribution >= 0.6 is 11.3 Å². The number of nitrogens with two attached hydrogens (primary N) is 1. The van der Waals surface area contributed by atoms with Gasteiger partial charge in [0.15, 0.2) is 5.13 Å². The van der Waals surface area contributed by atoms with Crippen LogP contribution < -0.4 is 16.4 Å². The molecule has 10 heteroatoms. The second-order valence-electron chi connectivity index (χ2n) is 4.36. The average molecular weight is 320 g/mol. The van der Waals surface area contributed by atoms with Gasteiger partial charge in [-0.15, -0.1) is 0 Å². The molecule has 0 aliphatic carbocycles. The van der Waals surface area contributed by atoms with Crippen LogP contribution in [0.1, 0.15) is 9.67 Å². The van der Waals surface area contributed by atoms with E-state index in [4.69, 9.17) is 10.5 Å². The van der Waals surface area contributed by atoms with Crippen molar-refractivity contribution in [2.75, 3.05) is 51.1 Å². The Kier molecular flexibility index (Phi) is 6.78. The van der Waals surface area contributed by atoms with Gasteiger partial charge in [-0.25, -0.2) is 4.98 Å². The fourth-order valence-electron chi connectivity index (χ4n) is 1.40. The number of hydrogen-bond donors (Lipinski definition) is 6. The monoisotopic (exact) mass is 320 g/mol. The lowest BCUT2D eigenvalue weighted by Gasteiger charge is -2.28. The van der Waals surface area contributed by atoms with Gasteiger partial charge in [0.1, 0.15) is 16.2 Å². The van der Waals surface area contributed by atoms with Gasteiger partial charge in [0, 0.05) is 13.7 Å². The zero-order valence-electron chi connectivity index (χ0n) is 11.6. The molecule has 120 valence electrons. The van der Waals surface area contributed by atoms with Gasteiger partial charge in [0.2, 0.25) is 0 Å². The van der Waals surface area contributed by atoms with Crippen molar-refractivity contribution in [3.8, 4) is 0 Å². The van der Waals surface area contributed by atoms with E-state index in [0.717, 1.165) is 11.3 Å². The number of aliphatic hydroxyl groups is 3. The molecule has 9 nitrogen and oxygen atoms in total. The molecule has 1 rings (SSSR count). The molecule has 0 aromatic carbocycles. The van der Waals surface area contributed by atoms with E-state index in [2.05, 4.69) is 15.6 Å². The first-order valence-corrected chi connectivity index (χ1v) is 6.97. The third-order valence-corrected chi connectivity index (χ3v) is 3.76. The number of nitrogens with one attached hydrogen (secondary N) is 2. The first-order chi connectivity index (χ1) is 10.0. The number of hydrogen-bond acceptors (Lipinski definition) is 9. The molecule has 0 fully saturated rings. The largest absolute Gasteiger partial charge is 0.394 e. The highest BCUT2D eigenvalue weighted by Crippen LogP contribution is 2.25. The molecule has 1 amide bonds. The van der Waals surface area contributed by atoms with Gasteiger partial charge in [0.25, 0.3) is 5.91 Å². The number of amides is 1. The summed E-state index contributed by atoms with van der Waals surface area (Å²) in [6.45, 7) is -0.835.